The van der Waals surface area contributed by atoms with Gasteiger partial charge >= 0.3 is 0 Å². The number of unbranched alkanes of at least 4 members (excludes halogenated alkanes) is 1. The highest BCUT2D eigenvalue weighted by molar-refractivity contribution is 7.19. The first-order valence-corrected chi connectivity index (χ1v) is 8.17. The van der Waals surface area contributed by atoms with E-state index < -0.39 is 0 Å². The molecule has 0 spiro atoms. The van der Waals surface area contributed by atoms with E-state index in [2.05, 4.69) is 42.3 Å². The molecule has 0 unspecified atom stereocenters. The Morgan fingerprint density at radius 2 is 2.10 bits per heavy atom. The second-order valence-electron chi connectivity index (χ2n) is 5.36. The van der Waals surface area contributed by atoms with Gasteiger partial charge in [-0.1, -0.05) is 42.9 Å². The Morgan fingerprint density at radius 3 is 2.76 bits per heavy atom. The Morgan fingerprint density at radius 1 is 1.33 bits per heavy atom. The van der Waals surface area contributed by atoms with E-state index in [1.807, 2.05) is 6.92 Å². The Kier molecular flexibility index (Phi) is 5.12. The van der Waals surface area contributed by atoms with E-state index >= 15 is 0 Å². The van der Waals surface area contributed by atoms with Crippen LogP contribution in [-0.2, 0) is 11.2 Å². The minimum atomic E-state index is -0.0807. The SMILES string of the molecule is CCCCc1cc(-c2sc(NC(C)=O)nc2C)ccc1C. The molecule has 1 N–H and O–H groups in total. The van der Waals surface area contributed by atoms with Gasteiger partial charge in [0.05, 0.1) is 10.6 Å². The fourth-order valence-electron chi connectivity index (χ4n) is 2.32. The van der Waals surface area contributed by atoms with Crippen molar-refractivity contribution in [3.63, 3.8) is 0 Å². The summed E-state index contributed by atoms with van der Waals surface area (Å²) in [5.74, 6) is -0.0807. The molecule has 1 amide bonds. The molecule has 0 aliphatic rings. The largest absolute Gasteiger partial charge is 0.302 e. The number of hydrogen-bond acceptors (Lipinski definition) is 3. The third-order valence-corrected chi connectivity index (χ3v) is 4.61. The van der Waals surface area contributed by atoms with Crippen molar-refractivity contribution >= 4 is 22.4 Å². The molecule has 112 valence electrons. The van der Waals surface area contributed by atoms with Crippen LogP contribution in [0, 0.1) is 13.8 Å². The molecule has 0 saturated heterocycles. The third kappa shape index (κ3) is 3.91. The Bertz CT molecular complexity index is 646. The first-order valence-electron chi connectivity index (χ1n) is 7.36. The van der Waals surface area contributed by atoms with Crippen LogP contribution in [0.3, 0.4) is 0 Å². The molecule has 1 heterocycles. The summed E-state index contributed by atoms with van der Waals surface area (Å²) < 4.78 is 0. The highest BCUT2D eigenvalue weighted by atomic mass is 32.1. The summed E-state index contributed by atoms with van der Waals surface area (Å²) in [6, 6.07) is 6.59. The topological polar surface area (TPSA) is 42.0 Å². The number of nitrogens with one attached hydrogen (secondary N) is 1. The number of aromatic nitrogens is 1. The second-order valence-corrected chi connectivity index (χ2v) is 6.36. The van der Waals surface area contributed by atoms with E-state index in [4.69, 9.17) is 0 Å². The maximum Gasteiger partial charge on any atom is 0.223 e. The van der Waals surface area contributed by atoms with Crippen molar-refractivity contribution in [2.45, 2.75) is 47.0 Å². The first-order chi connectivity index (χ1) is 10.0. The van der Waals surface area contributed by atoms with Gasteiger partial charge in [0.2, 0.25) is 5.91 Å². The number of nitrogens with zero attached hydrogens (tertiary/aromatic N) is 1. The molecule has 0 aliphatic carbocycles. The molecular weight excluding hydrogens is 280 g/mol. The van der Waals surface area contributed by atoms with Crippen LogP contribution in [0.1, 0.15) is 43.5 Å². The third-order valence-electron chi connectivity index (χ3n) is 3.49. The number of benzene rings is 1. The number of anilines is 1. The standard InChI is InChI=1S/C17H22N2OS/c1-5-6-7-14-10-15(9-8-11(14)2)16-12(3)18-17(21-16)19-13(4)20/h8-10H,5-7H2,1-4H3,(H,18,19,20). The van der Waals surface area contributed by atoms with E-state index in [1.165, 1.54) is 47.8 Å². The van der Waals surface area contributed by atoms with E-state index in [-0.39, 0.29) is 5.91 Å². The van der Waals surface area contributed by atoms with Crippen LogP contribution in [-0.4, -0.2) is 10.9 Å². The van der Waals surface area contributed by atoms with Gasteiger partial charge in [-0.15, -0.1) is 0 Å². The van der Waals surface area contributed by atoms with Crippen molar-refractivity contribution < 1.29 is 4.79 Å². The van der Waals surface area contributed by atoms with E-state index in [9.17, 15) is 4.79 Å². The summed E-state index contributed by atoms with van der Waals surface area (Å²) in [4.78, 5) is 16.7. The van der Waals surface area contributed by atoms with Gasteiger partial charge in [0.15, 0.2) is 5.13 Å². The molecule has 0 radical (unpaired) electrons. The number of amides is 1. The fourth-order valence-corrected chi connectivity index (χ4v) is 3.33. The molecule has 21 heavy (non-hydrogen) atoms. The first kappa shape index (κ1) is 15.7. The van der Waals surface area contributed by atoms with E-state index in [1.54, 1.807) is 0 Å². The van der Waals surface area contributed by atoms with Crippen LogP contribution >= 0.6 is 11.3 Å². The molecule has 0 aliphatic heterocycles. The predicted molar refractivity (Wildman–Crippen MR) is 89.9 cm³/mol. The highest BCUT2D eigenvalue weighted by Gasteiger charge is 2.11. The van der Waals surface area contributed by atoms with Gasteiger partial charge < -0.3 is 5.32 Å². The normalized spacial score (nSPS) is 10.7. The number of rotatable bonds is 5. The molecule has 0 bridgehead atoms. The van der Waals surface area contributed by atoms with Crippen molar-refractivity contribution in [2.75, 3.05) is 5.32 Å². The fraction of sp³-hybridized carbons (Fsp3) is 0.412. The lowest BCUT2D eigenvalue weighted by Gasteiger charge is -2.08. The summed E-state index contributed by atoms with van der Waals surface area (Å²) in [7, 11) is 0. The molecule has 3 nitrogen and oxygen atoms in total. The van der Waals surface area contributed by atoms with Gasteiger partial charge in [-0.3, -0.25) is 4.79 Å². The molecule has 2 aromatic rings. The number of carbonyl (C=O) groups is 1. The summed E-state index contributed by atoms with van der Waals surface area (Å²) in [6.07, 6.45) is 3.53. The van der Waals surface area contributed by atoms with Crippen LogP contribution in [0.25, 0.3) is 10.4 Å². The van der Waals surface area contributed by atoms with Crippen molar-refractivity contribution in [1.82, 2.24) is 4.98 Å². The smallest absolute Gasteiger partial charge is 0.223 e. The van der Waals surface area contributed by atoms with Gasteiger partial charge in [0.25, 0.3) is 0 Å². The van der Waals surface area contributed by atoms with Crippen LogP contribution in [0.15, 0.2) is 18.2 Å². The monoisotopic (exact) mass is 302 g/mol. The number of hydrogen-bond donors (Lipinski definition) is 1. The van der Waals surface area contributed by atoms with Gasteiger partial charge in [-0.05, 0) is 43.4 Å². The van der Waals surface area contributed by atoms with Crippen molar-refractivity contribution in [3.8, 4) is 10.4 Å². The van der Waals surface area contributed by atoms with Crippen LogP contribution in [0.5, 0.6) is 0 Å². The number of carbonyl (C=O) groups excluding carboxylic acids is 1. The maximum atomic E-state index is 11.1. The Labute approximate surface area is 130 Å². The minimum absolute atomic E-state index is 0.0807. The highest BCUT2D eigenvalue weighted by Crippen LogP contribution is 2.33. The summed E-state index contributed by atoms with van der Waals surface area (Å²) in [5, 5.41) is 3.44. The zero-order valence-corrected chi connectivity index (χ0v) is 13.9. The lowest BCUT2D eigenvalue weighted by atomic mass is 9.99. The van der Waals surface area contributed by atoms with Gasteiger partial charge in [0.1, 0.15) is 0 Å². The zero-order chi connectivity index (χ0) is 15.4. The van der Waals surface area contributed by atoms with Gasteiger partial charge in [-0.25, -0.2) is 4.98 Å². The van der Waals surface area contributed by atoms with Crippen molar-refractivity contribution in [1.29, 1.82) is 0 Å². The van der Waals surface area contributed by atoms with E-state index in [0.717, 1.165) is 17.0 Å². The summed E-state index contributed by atoms with van der Waals surface area (Å²) in [5.41, 5.74) is 4.91. The summed E-state index contributed by atoms with van der Waals surface area (Å²) >= 11 is 1.54. The number of aryl methyl sites for hydroxylation is 3. The predicted octanol–water partition coefficient (Wildman–Crippen LogP) is 4.73. The lowest BCUT2D eigenvalue weighted by Crippen LogP contribution is -2.04. The molecular formula is C17H22N2OS. The molecule has 1 aromatic carbocycles. The zero-order valence-electron chi connectivity index (χ0n) is 13.1. The molecule has 0 fully saturated rings. The Hall–Kier alpha value is -1.68. The van der Waals surface area contributed by atoms with Gasteiger partial charge in [0, 0.05) is 6.92 Å². The molecule has 2 rings (SSSR count). The van der Waals surface area contributed by atoms with Crippen LogP contribution in [0.2, 0.25) is 0 Å². The minimum Gasteiger partial charge on any atom is -0.302 e. The quantitative estimate of drug-likeness (QED) is 0.867. The van der Waals surface area contributed by atoms with Crippen molar-refractivity contribution in [2.24, 2.45) is 0 Å². The van der Waals surface area contributed by atoms with Crippen molar-refractivity contribution in [3.05, 3.63) is 35.0 Å². The lowest BCUT2D eigenvalue weighted by molar-refractivity contribution is -0.114. The number of thiazole rings is 1. The Balaban J connectivity index is 2.33. The van der Waals surface area contributed by atoms with E-state index in [0.29, 0.717) is 5.13 Å². The molecule has 0 saturated carbocycles. The average molecular weight is 302 g/mol. The second kappa shape index (κ2) is 6.85. The van der Waals surface area contributed by atoms with Crippen LogP contribution < -0.4 is 5.32 Å². The maximum absolute atomic E-state index is 11.1. The van der Waals surface area contributed by atoms with Crippen LogP contribution in [0.4, 0.5) is 5.13 Å². The average Bonchev–Trinajstić information content (AvgIpc) is 2.78. The summed E-state index contributed by atoms with van der Waals surface area (Å²) in [6.45, 7) is 7.87. The van der Waals surface area contributed by atoms with Gasteiger partial charge in [-0.2, -0.15) is 0 Å². The molecule has 0 atom stereocenters. The molecule has 1 aromatic heterocycles. The molecule has 4 heteroatoms.